The third-order valence-corrected chi connectivity index (χ3v) is 9.81. The Morgan fingerprint density at radius 3 is 2.19 bits per heavy atom. The van der Waals surface area contributed by atoms with Gasteiger partial charge >= 0.3 is 5.97 Å². The molecule has 0 aliphatic heterocycles. The SMILES string of the molecule is CC(O)C(=O)OC1[C@@H]2CC[C@@H]3C1(C[C@@H](O)[C@@]1(O)[C@@H](C[C@H](O)C1(C)C)[C@]3(C)O)C[C@@]2(C)O. The number of ether oxygens (including phenoxy) is 1. The van der Waals surface area contributed by atoms with Gasteiger partial charge in [-0.1, -0.05) is 13.8 Å². The Balaban J connectivity index is 1.87. The maximum atomic E-state index is 12.4. The van der Waals surface area contributed by atoms with Gasteiger partial charge in [0.05, 0.1) is 23.4 Å². The molecule has 2 bridgehead atoms. The van der Waals surface area contributed by atoms with E-state index in [0.29, 0.717) is 12.8 Å². The van der Waals surface area contributed by atoms with Gasteiger partial charge in [-0.15, -0.1) is 0 Å². The minimum Gasteiger partial charge on any atom is -0.459 e. The fourth-order valence-corrected chi connectivity index (χ4v) is 8.19. The second-order valence-electron chi connectivity index (χ2n) is 11.8. The van der Waals surface area contributed by atoms with Crippen LogP contribution in [0.5, 0.6) is 0 Å². The Hall–Kier alpha value is -0.770. The van der Waals surface area contributed by atoms with Crippen LogP contribution >= 0.6 is 0 Å². The summed E-state index contributed by atoms with van der Waals surface area (Å²) < 4.78 is 5.76. The number of rotatable bonds is 2. The van der Waals surface area contributed by atoms with E-state index < -0.39 is 75.8 Å². The fourth-order valence-electron chi connectivity index (χ4n) is 8.19. The molecule has 4 aliphatic carbocycles. The van der Waals surface area contributed by atoms with Crippen molar-refractivity contribution in [1.29, 1.82) is 0 Å². The summed E-state index contributed by atoms with van der Waals surface area (Å²) in [5.74, 6) is -2.48. The maximum Gasteiger partial charge on any atom is 0.334 e. The second kappa shape index (κ2) is 6.64. The first-order valence-corrected chi connectivity index (χ1v) is 11.5. The maximum absolute atomic E-state index is 12.4. The summed E-state index contributed by atoms with van der Waals surface area (Å²) in [7, 11) is 0. The zero-order valence-corrected chi connectivity index (χ0v) is 19.1. The molecular weight excluding hydrogens is 404 g/mol. The van der Waals surface area contributed by atoms with Crippen LogP contribution in [0.4, 0.5) is 0 Å². The number of aliphatic hydroxyl groups is 6. The molecule has 0 aromatic rings. The van der Waals surface area contributed by atoms with Gasteiger partial charge in [-0.05, 0) is 58.8 Å². The van der Waals surface area contributed by atoms with Gasteiger partial charge in [-0.3, -0.25) is 0 Å². The van der Waals surface area contributed by atoms with Crippen LogP contribution in [-0.2, 0) is 9.53 Å². The number of fused-ring (bicyclic) bond motifs is 2. The van der Waals surface area contributed by atoms with Gasteiger partial charge in [0.1, 0.15) is 17.8 Å². The highest BCUT2D eigenvalue weighted by molar-refractivity contribution is 5.74. The molecule has 0 amide bonds. The van der Waals surface area contributed by atoms with Crippen molar-refractivity contribution in [2.45, 2.75) is 108 Å². The van der Waals surface area contributed by atoms with Crippen LogP contribution in [0.2, 0.25) is 0 Å². The smallest absolute Gasteiger partial charge is 0.334 e. The van der Waals surface area contributed by atoms with E-state index in [0.717, 1.165) is 0 Å². The van der Waals surface area contributed by atoms with Gasteiger partial charge in [-0.2, -0.15) is 0 Å². The quantitative estimate of drug-likeness (QED) is 0.330. The van der Waals surface area contributed by atoms with Crippen LogP contribution in [0.15, 0.2) is 0 Å². The number of hydrogen-bond acceptors (Lipinski definition) is 8. The van der Waals surface area contributed by atoms with Crippen LogP contribution in [0, 0.1) is 28.6 Å². The highest BCUT2D eigenvalue weighted by Gasteiger charge is 2.77. The zero-order chi connectivity index (χ0) is 23.4. The molecular formula is C23H38O8. The summed E-state index contributed by atoms with van der Waals surface area (Å²) in [6.07, 6.45) is -2.96. The minimum atomic E-state index is -1.76. The normalized spacial score (nSPS) is 56.4. The number of aliphatic hydroxyl groups excluding tert-OH is 3. The Labute approximate surface area is 183 Å². The van der Waals surface area contributed by atoms with E-state index in [1.165, 1.54) is 6.92 Å². The zero-order valence-electron chi connectivity index (χ0n) is 19.1. The molecule has 4 aliphatic rings. The van der Waals surface area contributed by atoms with Crippen LogP contribution in [0.25, 0.3) is 0 Å². The van der Waals surface area contributed by atoms with Gasteiger partial charge in [-0.25, -0.2) is 4.79 Å². The van der Waals surface area contributed by atoms with Gasteiger partial charge in [0, 0.05) is 22.7 Å². The summed E-state index contributed by atoms with van der Waals surface area (Å²) in [4.78, 5) is 12.4. The Bertz CT molecular complexity index is 761. The molecule has 6 N–H and O–H groups in total. The molecule has 0 aromatic heterocycles. The topological polar surface area (TPSA) is 148 Å². The lowest BCUT2D eigenvalue weighted by Gasteiger charge is -2.52. The standard InChI is InChI=1S/C23H38O8/c1-11(24)18(27)31-17-12-6-7-13-21(5,29)14-8-15(25)19(2,3)23(14,30)16(26)9-22(13,17)10-20(12,4)28/h11-17,24-26,28-30H,6-10H2,1-5H3/t11?,12-,13-,14-,15-,16+,17?,20+,21+,22?,23-/m0/s1. The van der Waals surface area contributed by atoms with E-state index in [2.05, 4.69) is 0 Å². The van der Waals surface area contributed by atoms with Gasteiger partial charge in [0.2, 0.25) is 0 Å². The predicted molar refractivity (Wildman–Crippen MR) is 110 cm³/mol. The van der Waals surface area contributed by atoms with E-state index in [1.54, 1.807) is 27.7 Å². The average molecular weight is 443 g/mol. The van der Waals surface area contributed by atoms with Crippen LogP contribution in [0.3, 0.4) is 0 Å². The van der Waals surface area contributed by atoms with Crippen LogP contribution in [0.1, 0.15) is 66.7 Å². The lowest BCUT2D eigenvalue weighted by Crippen LogP contribution is -2.60. The third-order valence-electron chi connectivity index (χ3n) is 9.81. The first kappa shape index (κ1) is 23.4. The molecule has 0 heterocycles. The summed E-state index contributed by atoms with van der Waals surface area (Å²) >= 11 is 0. The molecule has 8 heteroatoms. The van der Waals surface area contributed by atoms with Gasteiger partial charge in [0.15, 0.2) is 0 Å². The molecule has 0 radical (unpaired) electrons. The van der Waals surface area contributed by atoms with Crippen molar-refractivity contribution < 1.29 is 40.2 Å². The number of carbonyl (C=O) groups excluding carboxylic acids is 1. The molecule has 31 heavy (non-hydrogen) atoms. The monoisotopic (exact) mass is 442 g/mol. The summed E-state index contributed by atoms with van der Waals surface area (Å²) in [5.41, 5.74) is -6.48. The van der Waals surface area contributed by atoms with Gasteiger partial charge < -0.3 is 35.4 Å². The first-order valence-electron chi connectivity index (χ1n) is 11.5. The predicted octanol–water partition coefficient (Wildman–Crippen LogP) is 0.1000. The summed E-state index contributed by atoms with van der Waals surface area (Å²) in [6.45, 7) is 8.04. The van der Waals surface area contributed by atoms with Crippen molar-refractivity contribution in [2.75, 3.05) is 0 Å². The van der Waals surface area contributed by atoms with E-state index in [-0.39, 0.29) is 19.3 Å². The highest BCUT2D eigenvalue weighted by Crippen LogP contribution is 2.70. The number of carbonyl (C=O) groups is 1. The molecule has 4 saturated carbocycles. The van der Waals surface area contributed by atoms with Crippen molar-refractivity contribution in [2.24, 2.45) is 28.6 Å². The molecule has 11 atom stereocenters. The minimum absolute atomic E-state index is 0.0153. The summed E-state index contributed by atoms with van der Waals surface area (Å²) in [5, 5.41) is 67.0. The molecule has 1 spiro atoms. The third kappa shape index (κ3) is 2.78. The molecule has 178 valence electrons. The van der Waals surface area contributed by atoms with Crippen LogP contribution < -0.4 is 0 Å². The van der Waals surface area contributed by atoms with Crippen molar-refractivity contribution >= 4 is 5.97 Å². The molecule has 4 fully saturated rings. The van der Waals surface area contributed by atoms with Crippen molar-refractivity contribution in [3.63, 3.8) is 0 Å². The Morgan fingerprint density at radius 2 is 1.61 bits per heavy atom. The van der Waals surface area contributed by atoms with Crippen molar-refractivity contribution in [1.82, 2.24) is 0 Å². The highest BCUT2D eigenvalue weighted by atomic mass is 16.6. The lowest BCUT2D eigenvalue weighted by atomic mass is 9.57. The molecule has 0 saturated heterocycles. The number of hydrogen-bond donors (Lipinski definition) is 6. The van der Waals surface area contributed by atoms with E-state index >= 15 is 0 Å². The van der Waals surface area contributed by atoms with Gasteiger partial charge in [0.25, 0.3) is 0 Å². The molecule has 0 aromatic carbocycles. The first-order chi connectivity index (χ1) is 14.0. The second-order valence-corrected chi connectivity index (χ2v) is 11.8. The average Bonchev–Trinajstić information content (AvgIpc) is 2.87. The summed E-state index contributed by atoms with van der Waals surface area (Å²) in [6, 6.07) is 0. The Kier molecular flexibility index (Phi) is 5.01. The fraction of sp³-hybridized carbons (Fsp3) is 0.957. The lowest BCUT2D eigenvalue weighted by molar-refractivity contribution is -0.203. The van der Waals surface area contributed by atoms with Crippen molar-refractivity contribution in [3.05, 3.63) is 0 Å². The largest absolute Gasteiger partial charge is 0.459 e. The molecule has 4 rings (SSSR count). The van der Waals surface area contributed by atoms with E-state index in [9.17, 15) is 35.4 Å². The molecule has 3 unspecified atom stereocenters. The van der Waals surface area contributed by atoms with Crippen molar-refractivity contribution in [3.8, 4) is 0 Å². The molecule has 8 nitrogen and oxygen atoms in total. The Morgan fingerprint density at radius 1 is 1.00 bits per heavy atom. The number of esters is 1. The van der Waals surface area contributed by atoms with E-state index in [4.69, 9.17) is 4.74 Å². The van der Waals surface area contributed by atoms with Crippen LogP contribution in [-0.4, -0.2) is 77.8 Å². The van der Waals surface area contributed by atoms with E-state index in [1.807, 2.05) is 0 Å².